The second-order valence-corrected chi connectivity index (χ2v) is 9.80. The Morgan fingerprint density at radius 3 is 2.58 bits per heavy atom. The van der Waals surface area contributed by atoms with Crippen molar-refractivity contribution in [3.8, 4) is 0 Å². The number of nitrogens with zero attached hydrogens (tertiary/aromatic N) is 3. The van der Waals surface area contributed by atoms with Gasteiger partial charge in [0.25, 0.3) is 10.0 Å². The van der Waals surface area contributed by atoms with Gasteiger partial charge in [0.1, 0.15) is 16.7 Å². The van der Waals surface area contributed by atoms with Crippen molar-refractivity contribution < 1.29 is 26.3 Å². The predicted molar refractivity (Wildman–Crippen MR) is 121 cm³/mol. The van der Waals surface area contributed by atoms with Crippen molar-refractivity contribution >= 4 is 33.1 Å². The lowest BCUT2D eigenvalue weighted by Gasteiger charge is -2.33. The van der Waals surface area contributed by atoms with Gasteiger partial charge >= 0.3 is 0 Å². The highest BCUT2D eigenvalue weighted by atomic mass is 35.5. The van der Waals surface area contributed by atoms with E-state index in [1.54, 1.807) is 12.0 Å². The summed E-state index contributed by atoms with van der Waals surface area (Å²) in [6, 6.07) is 4.25. The second kappa shape index (κ2) is 10.0. The lowest BCUT2D eigenvalue weighted by Crippen LogP contribution is -2.46. The van der Waals surface area contributed by atoms with E-state index in [9.17, 15) is 17.2 Å². The van der Waals surface area contributed by atoms with Crippen LogP contribution in [-0.2, 0) is 14.8 Å². The summed E-state index contributed by atoms with van der Waals surface area (Å²) < 4.78 is 76.2. The Labute approximate surface area is 196 Å². The highest BCUT2D eigenvalue weighted by Crippen LogP contribution is 2.39. The Morgan fingerprint density at radius 1 is 1.27 bits per heavy atom. The van der Waals surface area contributed by atoms with Crippen molar-refractivity contribution in [1.82, 2.24) is 9.88 Å². The maximum Gasteiger partial charge on any atom is 0.268 e. The first-order chi connectivity index (χ1) is 15.6. The molecule has 1 aliphatic rings. The summed E-state index contributed by atoms with van der Waals surface area (Å²) in [6.07, 6.45) is 0.604. The van der Waals surface area contributed by atoms with Gasteiger partial charge in [0.2, 0.25) is 5.95 Å². The van der Waals surface area contributed by atoms with Gasteiger partial charge in [-0.05, 0) is 31.6 Å². The second-order valence-electron chi connectivity index (χ2n) is 7.81. The number of hydrogen-bond acceptors (Lipinski definition) is 6. The maximum absolute atomic E-state index is 15.1. The van der Waals surface area contributed by atoms with E-state index in [1.807, 2.05) is 18.6 Å². The van der Waals surface area contributed by atoms with E-state index in [1.165, 1.54) is 6.07 Å². The molecule has 2 heterocycles. The third-order valence-corrected chi connectivity index (χ3v) is 7.57. The molecule has 1 aliphatic heterocycles. The highest BCUT2D eigenvalue weighted by molar-refractivity contribution is 7.92. The Balaban J connectivity index is 1.91. The summed E-state index contributed by atoms with van der Waals surface area (Å²) in [4.78, 5) is 5.96. The first-order valence-corrected chi connectivity index (χ1v) is 12.3. The van der Waals surface area contributed by atoms with Crippen LogP contribution in [0.1, 0.15) is 20.3 Å². The van der Waals surface area contributed by atoms with Crippen molar-refractivity contribution in [2.45, 2.75) is 30.8 Å². The van der Waals surface area contributed by atoms with Gasteiger partial charge in [-0.25, -0.2) is 22.2 Å². The zero-order valence-corrected chi connectivity index (χ0v) is 20.1. The van der Waals surface area contributed by atoms with Crippen molar-refractivity contribution in [3.05, 3.63) is 46.9 Å². The SMILES string of the molecule is CCN(CC)C[C@@]1(OC)CCN(c2cc(F)c(S(=O)(=O)Nc3cccc(F)n3)c(F)c2Cl)C1. The minimum absolute atomic E-state index is 0.0352. The number of ether oxygens (including phenoxy) is 1. The average molecular weight is 507 g/mol. The van der Waals surface area contributed by atoms with Crippen molar-refractivity contribution in [1.29, 1.82) is 0 Å². The number of pyridine rings is 1. The molecule has 1 atom stereocenters. The number of aromatic nitrogens is 1. The van der Waals surface area contributed by atoms with Crippen molar-refractivity contribution in [2.75, 3.05) is 49.5 Å². The number of methoxy groups -OCH3 is 1. The molecule has 7 nitrogen and oxygen atoms in total. The summed E-state index contributed by atoms with van der Waals surface area (Å²) in [6.45, 7) is 7.10. The molecule has 0 radical (unpaired) electrons. The molecule has 0 bridgehead atoms. The molecule has 1 fully saturated rings. The summed E-state index contributed by atoms with van der Waals surface area (Å²) in [5.74, 6) is -4.14. The average Bonchev–Trinajstić information content (AvgIpc) is 3.18. The third-order valence-electron chi connectivity index (χ3n) is 5.82. The fraction of sp³-hybridized carbons (Fsp3) is 0.476. The van der Waals surface area contributed by atoms with E-state index in [0.29, 0.717) is 26.1 Å². The molecule has 0 spiro atoms. The molecule has 0 unspecified atom stereocenters. The topological polar surface area (TPSA) is 74.8 Å². The molecule has 12 heteroatoms. The number of likely N-dealkylation sites (N-methyl/N-ethyl adjacent to an activating group) is 1. The Hall–Kier alpha value is -2.08. The fourth-order valence-corrected chi connectivity index (χ4v) is 5.43. The van der Waals surface area contributed by atoms with Crippen LogP contribution in [0.25, 0.3) is 0 Å². The maximum atomic E-state index is 15.1. The monoisotopic (exact) mass is 506 g/mol. The standard InChI is InChI=1S/C21H26ClF3N4O3S/c1-4-28(5-2)12-21(32-3)9-10-29(13-21)15-11-14(23)20(19(25)18(15)22)33(30,31)27-17-8-6-7-16(24)26-17/h6-8,11H,4-5,9-10,12-13H2,1-3H3,(H,26,27)/t21-/m0/s1. The predicted octanol–water partition coefficient (Wildman–Crippen LogP) is 3.89. The third kappa shape index (κ3) is 5.37. The quantitative estimate of drug-likeness (QED) is 0.411. The Bertz CT molecular complexity index is 1120. The highest BCUT2D eigenvalue weighted by Gasteiger charge is 2.41. The smallest absolute Gasteiger partial charge is 0.268 e. The first-order valence-electron chi connectivity index (χ1n) is 10.4. The zero-order valence-electron chi connectivity index (χ0n) is 18.5. The molecule has 1 saturated heterocycles. The van der Waals surface area contributed by atoms with E-state index in [0.717, 1.165) is 31.3 Å². The van der Waals surface area contributed by atoms with Gasteiger partial charge in [-0.1, -0.05) is 31.5 Å². The van der Waals surface area contributed by atoms with Crippen molar-refractivity contribution in [3.63, 3.8) is 0 Å². The molecule has 3 rings (SSSR count). The summed E-state index contributed by atoms with van der Waals surface area (Å²) >= 11 is 6.18. The van der Waals surface area contributed by atoms with Crippen LogP contribution in [-0.4, -0.2) is 63.7 Å². The molecule has 0 aliphatic carbocycles. The van der Waals surface area contributed by atoms with Crippen LogP contribution in [0.5, 0.6) is 0 Å². The number of sulfonamides is 1. The molecule has 1 aromatic carbocycles. The lowest BCUT2D eigenvalue weighted by atomic mass is 10.0. The molecular formula is C21H26ClF3N4O3S. The minimum Gasteiger partial charge on any atom is -0.375 e. The van der Waals surface area contributed by atoms with Crippen LogP contribution >= 0.6 is 11.6 Å². The molecular weight excluding hydrogens is 481 g/mol. The van der Waals surface area contributed by atoms with Gasteiger partial charge in [-0.2, -0.15) is 4.39 Å². The van der Waals surface area contributed by atoms with Crippen molar-refractivity contribution in [2.24, 2.45) is 0 Å². The summed E-state index contributed by atoms with van der Waals surface area (Å²) in [5, 5.41) is -0.529. The van der Waals surface area contributed by atoms with E-state index < -0.39 is 48.9 Å². The number of anilines is 2. The molecule has 1 aromatic heterocycles. The van der Waals surface area contributed by atoms with Crippen LogP contribution < -0.4 is 9.62 Å². The van der Waals surface area contributed by atoms with Gasteiger partial charge in [0, 0.05) is 32.8 Å². The fourth-order valence-electron chi connectivity index (χ4n) is 3.96. The number of rotatable bonds is 9. The van der Waals surface area contributed by atoms with Crippen LogP contribution in [0.15, 0.2) is 29.2 Å². The van der Waals surface area contributed by atoms with Crippen LogP contribution in [0.4, 0.5) is 24.7 Å². The lowest BCUT2D eigenvalue weighted by molar-refractivity contribution is -0.0177. The molecule has 0 saturated carbocycles. The molecule has 33 heavy (non-hydrogen) atoms. The largest absolute Gasteiger partial charge is 0.375 e. The Kier molecular flexibility index (Phi) is 7.77. The first kappa shape index (κ1) is 25.5. The van der Waals surface area contributed by atoms with E-state index in [-0.39, 0.29) is 5.69 Å². The van der Waals surface area contributed by atoms with Gasteiger partial charge < -0.3 is 14.5 Å². The number of hydrogen-bond donors (Lipinski definition) is 1. The molecule has 2 aromatic rings. The van der Waals surface area contributed by atoms with Crippen LogP contribution in [0.3, 0.4) is 0 Å². The summed E-state index contributed by atoms with van der Waals surface area (Å²) in [7, 11) is -3.17. The van der Waals surface area contributed by atoms with Crippen LogP contribution in [0, 0.1) is 17.6 Å². The molecule has 1 N–H and O–H groups in total. The number of halogens is 4. The summed E-state index contributed by atoms with van der Waals surface area (Å²) in [5.41, 5.74) is -0.523. The van der Waals surface area contributed by atoms with Gasteiger partial charge in [0.05, 0.1) is 11.3 Å². The van der Waals surface area contributed by atoms with Gasteiger partial charge in [-0.15, -0.1) is 0 Å². The van der Waals surface area contributed by atoms with Gasteiger partial charge in [-0.3, -0.25) is 4.72 Å². The molecule has 182 valence electrons. The minimum atomic E-state index is -4.77. The number of nitrogens with one attached hydrogen (secondary N) is 1. The van der Waals surface area contributed by atoms with Gasteiger partial charge in [0.15, 0.2) is 10.7 Å². The number of benzene rings is 1. The normalized spacial score (nSPS) is 18.8. The van der Waals surface area contributed by atoms with E-state index in [4.69, 9.17) is 16.3 Å². The van der Waals surface area contributed by atoms with Crippen LogP contribution in [0.2, 0.25) is 5.02 Å². The van der Waals surface area contributed by atoms with E-state index in [2.05, 4.69) is 9.88 Å². The zero-order chi connectivity index (χ0) is 24.4. The Morgan fingerprint density at radius 2 is 1.97 bits per heavy atom. The van der Waals surface area contributed by atoms with E-state index >= 15 is 4.39 Å². The molecule has 0 amide bonds.